The molecule has 5 N–H and O–H groups in total. The molecule has 3 rings (SSSR count). The van der Waals surface area contributed by atoms with Gasteiger partial charge in [0.15, 0.2) is 5.96 Å². The smallest absolute Gasteiger partial charge is 0.190 e. The Balaban J connectivity index is 0.00000300. The second kappa shape index (κ2) is 9.18. The number of fused-ring (bicyclic) bond motifs is 1. The molecule has 1 unspecified atom stereocenters. The Labute approximate surface area is 183 Å². The van der Waals surface area contributed by atoms with Crippen LogP contribution in [0.4, 0.5) is 5.69 Å². The molecule has 29 heavy (non-hydrogen) atoms. The molecule has 1 atom stereocenters. The fourth-order valence-corrected chi connectivity index (χ4v) is 4.74. The van der Waals surface area contributed by atoms with E-state index >= 15 is 0 Å². The average Bonchev–Trinajstić information content (AvgIpc) is 2.65. The lowest BCUT2D eigenvalue weighted by molar-refractivity contribution is 0.0610. The summed E-state index contributed by atoms with van der Waals surface area (Å²) in [6.45, 7) is 8.15. The van der Waals surface area contributed by atoms with Crippen molar-refractivity contribution in [1.29, 1.82) is 5.41 Å². The highest BCUT2D eigenvalue weighted by molar-refractivity contribution is 7.99. The van der Waals surface area contributed by atoms with Gasteiger partial charge >= 0.3 is 0 Å². The summed E-state index contributed by atoms with van der Waals surface area (Å²) >= 11 is 1.80. The number of benzene rings is 2. The van der Waals surface area contributed by atoms with Crippen LogP contribution in [0.25, 0.3) is 0 Å². The van der Waals surface area contributed by atoms with Crippen molar-refractivity contribution in [2.75, 3.05) is 11.1 Å². The van der Waals surface area contributed by atoms with Crippen LogP contribution in [0.3, 0.4) is 0 Å². The van der Waals surface area contributed by atoms with E-state index in [9.17, 15) is 5.11 Å². The molecule has 0 fully saturated rings. The van der Waals surface area contributed by atoms with Crippen molar-refractivity contribution in [3.63, 3.8) is 0 Å². The molecule has 0 saturated heterocycles. The third-order valence-corrected chi connectivity index (χ3v) is 6.64. The van der Waals surface area contributed by atoms with Gasteiger partial charge in [0.2, 0.25) is 0 Å². The molecule has 0 aromatic heterocycles. The number of halogens is 1. The fourth-order valence-electron chi connectivity index (χ4n) is 3.65. The summed E-state index contributed by atoms with van der Waals surface area (Å²) in [7, 11) is 0. The van der Waals surface area contributed by atoms with Crippen LogP contribution in [0.1, 0.15) is 42.0 Å². The highest BCUT2D eigenvalue weighted by Gasteiger charge is 2.34. The van der Waals surface area contributed by atoms with E-state index in [1.54, 1.807) is 11.8 Å². The number of rotatable bonds is 5. The van der Waals surface area contributed by atoms with E-state index in [1.165, 1.54) is 4.90 Å². The van der Waals surface area contributed by atoms with Crippen LogP contribution in [0, 0.1) is 26.2 Å². The third kappa shape index (κ3) is 5.11. The van der Waals surface area contributed by atoms with Crippen LogP contribution in [-0.4, -0.2) is 22.4 Å². The van der Waals surface area contributed by atoms with Crippen molar-refractivity contribution in [2.45, 2.75) is 57.5 Å². The molecule has 0 radical (unpaired) electrons. The largest absolute Gasteiger partial charge is 0.507 e. The zero-order valence-electron chi connectivity index (χ0n) is 17.4. The van der Waals surface area contributed by atoms with E-state index in [-0.39, 0.29) is 24.0 Å². The Kier molecular flexibility index (Phi) is 7.35. The van der Waals surface area contributed by atoms with Gasteiger partial charge < -0.3 is 20.9 Å². The van der Waals surface area contributed by atoms with Crippen molar-refractivity contribution in [3.05, 3.63) is 46.5 Å². The van der Waals surface area contributed by atoms with Gasteiger partial charge in [-0.3, -0.25) is 5.41 Å². The van der Waals surface area contributed by atoms with Crippen LogP contribution in [0.2, 0.25) is 0 Å². The molecular formula is C22H30ClN3O2S. The molecule has 0 spiro atoms. The van der Waals surface area contributed by atoms with E-state index in [0.29, 0.717) is 5.75 Å². The van der Waals surface area contributed by atoms with Crippen LogP contribution in [0.5, 0.6) is 11.5 Å². The van der Waals surface area contributed by atoms with Crippen LogP contribution in [-0.2, 0) is 6.42 Å². The van der Waals surface area contributed by atoms with Gasteiger partial charge in [-0.05, 0) is 87.9 Å². The quantitative estimate of drug-likeness (QED) is 0.290. The molecule has 1 heterocycles. The SMILES string of the molecule is Cc1c(C)c2c(c(C)c1O)CCC(C)(CCSc1ccc(NC(=N)N)cc1)O2.Cl. The summed E-state index contributed by atoms with van der Waals surface area (Å²) in [5.41, 5.74) is 10.0. The van der Waals surface area contributed by atoms with Crippen molar-refractivity contribution >= 4 is 35.8 Å². The van der Waals surface area contributed by atoms with Gasteiger partial charge in [-0.15, -0.1) is 24.2 Å². The second-order valence-corrected chi connectivity index (χ2v) is 8.91. The van der Waals surface area contributed by atoms with E-state index in [1.807, 2.05) is 45.0 Å². The minimum atomic E-state index is -0.198. The first-order chi connectivity index (χ1) is 13.2. The van der Waals surface area contributed by atoms with E-state index in [0.717, 1.165) is 58.7 Å². The maximum Gasteiger partial charge on any atom is 0.190 e. The Morgan fingerprint density at radius 1 is 1.21 bits per heavy atom. The molecule has 0 saturated carbocycles. The van der Waals surface area contributed by atoms with Gasteiger partial charge in [-0.1, -0.05) is 0 Å². The van der Waals surface area contributed by atoms with Crippen molar-refractivity contribution in [3.8, 4) is 11.5 Å². The summed E-state index contributed by atoms with van der Waals surface area (Å²) in [5, 5.41) is 20.4. The molecule has 0 amide bonds. The summed E-state index contributed by atoms with van der Waals surface area (Å²) < 4.78 is 6.50. The van der Waals surface area contributed by atoms with Crippen molar-refractivity contribution in [1.82, 2.24) is 0 Å². The van der Waals surface area contributed by atoms with Crippen LogP contribution < -0.4 is 15.8 Å². The lowest BCUT2D eigenvalue weighted by atomic mass is 9.86. The van der Waals surface area contributed by atoms with E-state index in [4.69, 9.17) is 15.9 Å². The Morgan fingerprint density at radius 3 is 2.48 bits per heavy atom. The highest BCUT2D eigenvalue weighted by Crippen LogP contribution is 2.44. The minimum absolute atomic E-state index is 0. The fraction of sp³-hybridized carbons (Fsp3) is 0.409. The molecule has 2 aromatic rings. The van der Waals surface area contributed by atoms with Gasteiger partial charge in [0.05, 0.1) is 0 Å². The zero-order chi connectivity index (χ0) is 20.5. The van der Waals surface area contributed by atoms with Gasteiger partial charge in [-0.2, -0.15) is 0 Å². The number of ether oxygens (including phenoxy) is 1. The highest BCUT2D eigenvalue weighted by atomic mass is 35.5. The first-order valence-corrected chi connectivity index (χ1v) is 10.5. The Bertz CT molecular complexity index is 902. The monoisotopic (exact) mass is 435 g/mol. The standard InChI is InChI=1S/C22H29N3O2S.ClH/c1-13-14(2)20-18(15(3)19(13)26)9-10-22(4,27-20)11-12-28-17-7-5-16(6-8-17)25-21(23)24;/h5-8,26H,9-12H2,1-4H3,(H4,23,24,25);1H. The summed E-state index contributed by atoms with van der Waals surface area (Å²) in [6, 6.07) is 7.93. The van der Waals surface area contributed by atoms with Crippen molar-refractivity contribution < 1.29 is 9.84 Å². The van der Waals surface area contributed by atoms with E-state index < -0.39 is 0 Å². The summed E-state index contributed by atoms with van der Waals surface area (Å²) in [4.78, 5) is 1.18. The Morgan fingerprint density at radius 2 is 1.86 bits per heavy atom. The molecular weight excluding hydrogens is 406 g/mol. The maximum atomic E-state index is 10.3. The predicted molar refractivity (Wildman–Crippen MR) is 124 cm³/mol. The lowest BCUT2D eigenvalue weighted by Gasteiger charge is -2.38. The van der Waals surface area contributed by atoms with Crippen LogP contribution in [0.15, 0.2) is 29.2 Å². The molecule has 7 heteroatoms. The molecule has 1 aliphatic rings. The molecule has 2 aromatic carbocycles. The number of aromatic hydroxyl groups is 1. The number of nitrogens with two attached hydrogens (primary N) is 1. The number of anilines is 1. The van der Waals surface area contributed by atoms with Gasteiger partial charge in [-0.25, -0.2) is 0 Å². The third-order valence-electron chi connectivity index (χ3n) is 5.63. The minimum Gasteiger partial charge on any atom is -0.507 e. The summed E-state index contributed by atoms with van der Waals surface area (Å²) in [5.74, 6) is 2.27. The average molecular weight is 436 g/mol. The lowest BCUT2D eigenvalue weighted by Crippen LogP contribution is -2.37. The molecule has 0 bridgehead atoms. The molecule has 1 aliphatic heterocycles. The number of phenols is 1. The van der Waals surface area contributed by atoms with Gasteiger partial charge in [0, 0.05) is 21.9 Å². The Hall–Kier alpha value is -2.05. The summed E-state index contributed by atoms with van der Waals surface area (Å²) in [6.07, 6.45) is 2.83. The zero-order valence-corrected chi connectivity index (χ0v) is 19.0. The van der Waals surface area contributed by atoms with Crippen LogP contribution >= 0.6 is 24.2 Å². The first kappa shape index (κ1) is 23.2. The first-order valence-electron chi connectivity index (χ1n) is 9.55. The van der Waals surface area contributed by atoms with E-state index in [2.05, 4.69) is 12.2 Å². The normalized spacial score (nSPS) is 17.7. The number of nitrogens with one attached hydrogen (secondary N) is 2. The van der Waals surface area contributed by atoms with Crippen molar-refractivity contribution in [2.24, 2.45) is 5.73 Å². The topological polar surface area (TPSA) is 91.4 Å². The number of hydrogen-bond donors (Lipinski definition) is 4. The predicted octanol–water partition coefficient (Wildman–Crippen LogP) is 5.31. The van der Waals surface area contributed by atoms with Gasteiger partial charge in [0.1, 0.15) is 17.1 Å². The number of guanidine groups is 1. The molecule has 0 aliphatic carbocycles. The maximum absolute atomic E-state index is 10.3. The number of hydrogen-bond acceptors (Lipinski definition) is 4. The van der Waals surface area contributed by atoms with Gasteiger partial charge in [0.25, 0.3) is 0 Å². The second-order valence-electron chi connectivity index (χ2n) is 7.74. The number of phenolic OH excluding ortho intramolecular Hbond substituents is 1. The number of thioether (sulfide) groups is 1. The molecule has 158 valence electrons. The molecule has 5 nitrogen and oxygen atoms in total.